The summed E-state index contributed by atoms with van der Waals surface area (Å²) in [6.07, 6.45) is 6.76. The Morgan fingerprint density at radius 1 is 1.18 bits per heavy atom. The quantitative estimate of drug-likeness (QED) is 0.814. The van der Waals surface area contributed by atoms with E-state index in [4.69, 9.17) is 0 Å². The summed E-state index contributed by atoms with van der Waals surface area (Å²) in [5.41, 5.74) is 4.17. The average Bonchev–Trinajstić information content (AvgIpc) is 2.83. The molecule has 2 nitrogen and oxygen atoms in total. The Balaban J connectivity index is 1.80. The van der Waals surface area contributed by atoms with Crippen LogP contribution in [0.25, 0.3) is 0 Å². The number of nitrogens with one attached hydrogen (secondary N) is 2. The van der Waals surface area contributed by atoms with E-state index in [1.54, 1.807) is 0 Å². The molecule has 1 aromatic carbocycles. The van der Waals surface area contributed by atoms with Gasteiger partial charge in [0.05, 0.1) is 0 Å². The maximum Gasteiger partial charge on any atom is 0.0388 e. The molecule has 3 rings (SSSR count). The third-order valence-corrected chi connectivity index (χ3v) is 4.12. The highest BCUT2D eigenvalue weighted by Crippen LogP contribution is 2.32. The summed E-state index contributed by atoms with van der Waals surface area (Å²) in [4.78, 5) is 0. The minimum atomic E-state index is 0.564. The number of benzene rings is 1. The van der Waals surface area contributed by atoms with Gasteiger partial charge in [-0.1, -0.05) is 30.5 Å². The Hall–Kier alpha value is -1.02. The van der Waals surface area contributed by atoms with Crippen molar-refractivity contribution in [3.63, 3.8) is 0 Å². The fourth-order valence-electron chi connectivity index (χ4n) is 3.19. The molecule has 1 aliphatic heterocycles. The molecule has 92 valence electrons. The van der Waals surface area contributed by atoms with E-state index in [0.717, 1.165) is 12.6 Å². The second kappa shape index (κ2) is 4.69. The van der Waals surface area contributed by atoms with E-state index in [0.29, 0.717) is 6.04 Å². The maximum atomic E-state index is 3.86. The predicted molar refractivity (Wildman–Crippen MR) is 72.4 cm³/mol. The standard InChI is InChI=1S/C15H22N2/c1-11-6-7-14-13(10-11)15(8-9-16-14)17-12-4-2-3-5-12/h6-7,10,12,15-17H,2-5,8-9H2,1H3. The van der Waals surface area contributed by atoms with E-state index in [1.165, 1.54) is 48.9 Å². The zero-order valence-corrected chi connectivity index (χ0v) is 10.6. The van der Waals surface area contributed by atoms with Crippen molar-refractivity contribution in [3.8, 4) is 0 Å². The summed E-state index contributed by atoms with van der Waals surface area (Å²) in [5, 5.41) is 7.37. The molecule has 0 amide bonds. The highest BCUT2D eigenvalue weighted by molar-refractivity contribution is 5.55. The Morgan fingerprint density at radius 2 is 2.00 bits per heavy atom. The molecule has 2 aliphatic rings. The van der Waals surface area contributed by atoms with Gasteiger partial charge in [0.25, 0.3) is 0 Å². The minimum Gasteiger partial charge on any atom is -0.385 e. The summed E-state index contributed by atoms with van der Waals surface area (Å²) < 4.78 is 0. The molecule has 0 aromatic heterocycles. The van der Waals surface area contributed by atoms with Gasteiger partial charge in [-0.15, -0.1) is 0 Å². The van der Waals surface area contributed by atoms with Gasteiger partial charge in [0.15, 0.2) is 0 Å². The first-order valence-corrected chi connectivity index (χ1v) is 6.93. The summed E-state index contributed by atoms with van der Waals surface area (Å²) in [6.45, 7) is 3.28. The fraction of sp³-hybridized carbons (Fsp3) is 0.600. The third-order valence-electron chi connectivity index (χ3n) is 4.12. The highest BCUT2D eigenvalue weighted by atomic mass is 15.0. The largest absolute Gasteiger partial charge is 0.385 e. The molecule has 2 heteroatoms. The van der Waals surface area contributed by atoms with Crippen LogP contribution in [-0.4, -0.2) is 12.6 Å². The minimum absolute atomic E-state index is 0.564. The van der Waals surface area contributed by atoms with Crippen molar-refractivity contribution in [1.82, 2.24) is 5.32 Å². The Kier molecular flexibility index (Phi) is 3.06. The Labute approximate surface area is 104 Å². The van der Waals surface area contributed by atoms with Crippen LogP contribution in [0.3, 0.4) is 0 Å². The van der Waals surface area contributed by atoms with Crippen LogP contribution in [-0.2, 0) is 0 Å². The van der Waals surface area contributed by atoms with Gasteiger partial charge in [-0.3, -0.25) is 0 Å². The molecule has 1 fully saturated rings. The van der Waals surface area contributed by atoms with Crippen molar-refractivity contribution in [2.24, 2.45) is 0 Å². The molecule has 1 saturated carbocycles. The van der Waals surface area contributed by atoms with Crippen LogP contribution in [0.2, 0.25) is 0 Å². The van der Waals surface area contributed by atoms with Crippen LogP contribution in [0.5, 0.6) is 0 Å². The van der Waals surface area contributed by atoms with Crippen LogP contribution in [0.15, 0.2) is 18.2 Å². The smallest absolute Gasteiger partial charge is 0.0388 e. The van der Waals surface area contributed by atoms with Crippen LogP contribution >= 0.6 is 0 Å². The van der Waals surface area contributed by atoms with Crippen molar-refractivity contribution in [1.29, 1.82) is 0 Å². The zero-order chi connectivity index (χ0) is 11.7. The van der Waals surface area contributed by atoms with E-state index in [9.17, 15) is 0 Å². The normalized spacial score (nSPS) is 24.4. The van der Waals surface area contributed by atoms with Crippen molar-refractivity contribution >= 4 is 5.69 Å². The molecule has 1 aromatic rings. The molecule has 0 saturated heterocycles. The summed E-state index contributed by atoms with van der Waals surface area (Å²) >= 11 is 0. The van der Waals surface area contributed by atoms with Crippen LogP contribution in [0.1, 0.15) is 49.3 Å². The predicted octanol–water partition coefficient (Wildman–Crippen LogP) is 3.38. The first-order chi connectivity index (χ1) is 8.33. The Morgan fingerprint density at radius 3 is 2.82 bits per heavy atom. The first kappa shape index (κ1) is 11.1. The molecule has 0 radical (unpaired) electrons. The van der Waals surface area contributed by atoms with E-state index in [1.807, 2.05) is 0 Å². The van der Waals surface area contributed by atoms with Gasteiger partial charge >= 0.3 is 0 Å². The monoisotopic (exact) mass is 230 g/mol. The lowest BCUT2D eigenvalue weighted by Crippen LogP contribution is -2.34. The topological polar surface area (TPSA) is 24.1 Å². The van der Waals surface area contributed by atoms with E-state index >= 15 is 0 Å². The zero-order valence-electron chi connectivity index (χ0n) is 10.6. The number of hydrogen-bond acceptors (Lipinski definition) is 2. The molecule has 1 unspecified atom stereocenters. The van der Waals surface area contributed by atoms with Crippen molar-refractivity contribution in [2.45, 2.75) is 51.1 Å². The number of hydrogen-bond donors (Lipinski definition) is 2. The summed E-state index contributed by atoms with van der Waals surface area (Å²) in [7, 11) is 0. The van der Waals surface area contributed by atoms with E-state index in [-0.39, 0.29) is 0 Å². The van der Waals surface area contributed by atoms with Gasteiger partial charge < -0.3 is 10.6 Å². The number of rotatable bonds is 2. The molecule has 2 N–H and O–H groups in total. The molecular weight excluding hydrogens is 208 g/mol. The van der Waals surface area contributed by atoms with Gasteiger partial charge in [0.1, 0.15) is 0 Å². The third kappa shape index (κ3) is 2.32. The van der Waals surface area contributed by atoms with Crippen LogP contribution in [0, 0.1) is 6.92 Å². The average molecular weight is 230 g/mol. The van der Waals surface area contributed by atoms with Crippen LogP contribution in [0.4, 0.5) is 5.69 Å². The lowest BCUT2D eigenvalue weighted by atomic mass is 9.95. The maximum absolute atomic E-state index is 3.86. The SMILES string of the molecule is Cc1ccc2c(c1)C(NC1CCCC1)CCN2. The lowest BCUT2D eigenvalue weighted by molar-refractivity contribution is 0.421. The number of anilines is 1. The van der Waals surface area contributed by atoms with Crippen molar-refractivity contribution in [2.75, 3.05) is 11.9 Å². The molecule has 1 heterocycles. The van der Waals surface area contributed by atoms with Gasteiger partial charge in [-0.25, -0.2) is 0 Å². The van der Waals surface area contributed by atoms with Gasteiger partial charge in [0.2, 0.25) is 0 Å². The summed E-state index contributed by atoms with van der Waals surface area (Å²) in [6, 6.07) is 8.09. The van der Waals surface area contributed by atoms with E-state index < -0.39 is 0 Å². The molecule has 1 aliphatic carbocycles. The molecule has 17 heavy (non-hydrogen) atoms. The molecule has 1 atom stereocenters. The molecule has 0 spiro atoms. The second-order valence-electron chi connectivity index (χ2n) is 5.51. The van der Waals surface area contributed by atoms with Gasteiger partial charge in [-0.2, -0.15) is 0 Å². The van der Waals surface area contributed by atoms with Crippen LogP contribution < -0.4 is 10.6 Å². The van der Waals surface area contributed by atoms with Crippen molar-refractivity contribution in [3.05, 3.63) is 29.3 Å². The van der Waals surface area contributed by atoms with E-state index in [2.05, 4.69) is 35.8 Å². The highest BCUT2D eigenvalue weighted by Gasteiger charge is 2.24. The number of fused-ring (bicyclic) bond motifs is 1. The number of aryl methyl sites for hydroxylation is 1. The first-order valence-electron chi connectivity index (χ1n) is 6.93. The van der Waals surface area contributed by atoms with Gasteiger partial charge in [-0.05, 0) is 37.8 Å². The summed E-state index contributed by atoms with van der Waals surface area (Å²) in [5.74, 6) is 0. The Bertz CT molecular complexity index is 394. The molecule has 0 bridgehead atoms. The fourth-order valence-corrected chi connectivity index (χ4v) is 3.19. The molecular formula is C15H22N2. The lowest BCUT2D eigenvalue weighted by Gasteiger charge is -2.30. The van der Waals surface area contributed by atoms with Gasteiger partial charge in [0, 0.05) is 24.3 Å². The second-order valence-corrected chi connectivity index (χ2v) is 5.51. The van der Waals surface area contributed by atoms with Crippen molar-refractivity contribution < 1.29 is 0 Å².